The zero-order valence-electron chi connectivity index (χ0n) is 9.59. The Kier molecular flexibility index (Phi) is 4.38. The number of hydrogen-bond acceptors (Lipinski definition) is 4. The summed E-state index contributed by atoms with van der Waals surface area (Å²) in [5, 5.41) is 17.2. The van der Waals surface area contributed by atoms with Crippen molar-refractivity contribution in [2.75, 3.05) is 13.1 Å². The van der Waals surface area contributed by atoms with Crippen LogP contribution < -0.4 is 0 Å². The van der Waals surface area contributed by atoms with Crippen molar-refractivity contribution in [1.29, 1.82) is 10.5 Å². The summed E-state index contributed by atoms with van der Waals surface area (Å²) in [4.78, 5) is -0.197. The second kappa shape index (κ2) is 5.58. The van der Waals surface area contributed by atoms with Crippen molar-refractivity contribution < 1.29 is 12.8 Å². The summed E-state index contributed by atoms with van der Waals surface area (Å²) in [6, 6.07) is 6.28. The molecule has 1 aromatic carbocycles. The van der Waals surface area contributed by atoms with E-state index < -0.39 is 15.8 Å². The lowest BCUT2D eigenvalue weighted by Gasteiger charge is -2.17. The van der Waals surface area contributed by atoms with E-state index in [9.17, 15) is 12.8 Å². The summed E-state index contributed by atoms with van der Waals surface area (Å²) in [5.41, 5.74) is -0.343. The van der Waals surface area contributed by atoms with E-state index in [1.807, 2.05) is 0 Å². The largest absolute Gasteiger partial charge is 0.244 e. The molecule has 0 aliphatic rings. The number of nitriles is 2. The first-order chi connectivity index (χ1) is 8.47. The third kappa shape index (κ3) is 2.65. The normalized spacial score (nSPS) is 10.9. The number of nitrogens with zero attached hydrogens (tertiary/aromatic N) is 3. The zero-order valence-corrected chi connectivity index (χ0v) is 10.4. The van der Waals surface area contributed by atoms with E-state index in [-0.39, 0.29) is 23.5 Å². The quantitative estimate of drug-likeness (QED) is 0.768. The summed E-state index contributed by atoms with van der Waals surface area (Å²) >= 11 is 0. The van der Waals surface area contributed by atoms with Crippen molar-refractivity contribution >= 4 is 10.0 Å². The number of rotatable bonds is 4. The summed E-state index contributed by atoms with van der Waals surface area (Å²) in [6.07, 6.45) is 0. The number of sulfonamides is 1. The highest BCUT2D eigenvalue weighted by molar-refractivity contribution is 7.89. The smallest absolute Gasteiger partial charge is 0.207 e. The van der Waals surface area contributed by atoms with Crippen molar-refractivity contribution in [2.45, 2.75) is 11.8 Å². The fraction of sp³-hybridized carbons (Fsp3) is 0.273. The molecule has 0 unspecified atom stereocenters. The van der Waals surface area contributed by atoms with Gasteiger partial charge in [-0.2, -0.15) is 14.8 Å². The summed E-state index contributed by atoms with van der Waals surface area (Å²) in [7, 11) is -3.87. The van der Waals surface area contributed by atoms with Gasteiger partial charge in [-0.1, -0.05) is 6.92 Å². The predicted octanol–water partition coefficient (Wildman–Crippen LogP) is 1.23. The highest BCUT2D eigenvalue weighted by Crippen LogP contribution is 2.18. The highest BCUT2D eigenvalue weighted by atomic mass is 32.2. The van der Waals surface area contributed by atoms with Gasteiger partial charge in [0.05, 0.1) is 16.5 Å². The van der Waals surface area contributed by atoms with Crippen LogP contribution in [0, 0.1) is 28.5 Å². The Morgan fingerprint density at radius 2 is 2.06 bits per heavy atom. The Morgan fingerprint density at radius 3 is 2.56 bits per heavy atom. The van der Waals surface area contributed by atoms with Gasteiger partial charge >= 0.3 is 0 Å². The van der Waals surface area contributed by atoms with Crippen molar-refractivity contribution in [3.05, 3.63) is 29.6 Å². The molecule has 0 saturated carbocycles. The maximum atomic E-state index is 13.1. The summed E-state index contributed by atoms with van der Waals surface area (Å²) < 4.78 is 38.2. The van der Waals surface area contributed by atoms with Gasteiger partial charge in [0.15, 0.2) is 0 Å². The van der Waals surface area contributed by atoms with Gasteiger partial charge in [-0.25, -0.2) is 12.8 Å². The molecule has 0 atom stereocenters. The maximum Gasteiger partial charge on any atom is 0.244 e. The average molecular weight is 267 g/mol. The molecule has 0 N–H and O–H groups in total. The number of hydrogen-bond donors (Lipinski definition) is 0. The Morgan fingerprint density at radius 1 is 1.39 bits per heavy atom. The first-order valence-corrected chi connectivity index (χ1v) is 6.48. The van der Waals surface area contributed by atoms with Crippen molar-refractivity contribution in [2.24, 2.45) is 0 Å². The molecular formula is C11H10FN3O2S. The zero-order chi connectivity index (χ0) is 13.8. The monoisotopic (exact) mass is 267 g/mol. The van der Waals surface area contributed by atoms with E-state index >= 15 is 0 Å². The van der Waals surface area contributed by atoms with E-state index in [4.69, 9.17) is 10.5 Å². The van der Waals surface area contributed by atoms with Gasteiger partial charge in [-0.3, -0.25) is 0 Å². The Balaban J connectivity index is 3.30. The fourth-order valence-electron chi connectivity index (χ4n) is 1.35. The highest BCUT2D eigenvalue weighted by Gasteiger charge is 2.23. The van der Waals surface area contributed by atoms with Gasteiger partial charge < -0.3 is 0 Å². The second-order valence-electron chi connectivity index (χ2n) is 3.34. The van der Waals surface area contributed by atoms with E-state index in [1.54, 1.807) is 19.1 Å². The first kappa shape index (κ1) is 14.1. The van der Waals surface area contributed by atoms with Gasteiger partial charge in [0.2, 0.25) is 10.0 Å². The minimum absolute atomic E-state index is 0.120. The van der Waals surface area contributed by atoms with E-state index in [0.29, 0.717) is 0 Å². The minimum Gasteiger partial charge on any atom is -0.207 e. The molecule has 18 heavy (non-hydrogen) atoms. The third-order valence-corrected chi connectivity index (χ3v) is 4.21. The Bertz CT molecular complexity index is 629. The van der Waals surface area contributed by atoms with Crippen molar-refractivity contribution in [3.63, 3.8) is 0 Å². The van der Waals surface area contributed by atoms with Crippen molar-refractivity contribution in [1.82, 2.24) is 4.31 Å². The van der Waals surface area contributed by atoms with Crippen LogP contribution >= 0.6 is 0 Å². The molecule has 0 aliphatic heterocycles. The topological polar surface area (TPSA) is 85.0 Å². The molecule has 5 nitrogen and oxygen atoms in total. The van der Waals surface area contributed by atoms with Crippen LogP contribution in [0.2, 0.25) is 0 Å². The molecule has 1 rings (SSSR count). The van der Waals surface area contributed by atoms with Crippen LogP contribution in [0.3, 0.4) is 0 Å². The SMILES string of the molecule is CCN(CC#N)S(=O)(=O)c1ccc(F)c(C#N)c1. The maximum absolute atomic E-state index is 13.1. The lowest BCUT2D eigenvalue weighted by atomic mass is 10.2. The molecule has 94 valence electrons. The standard InChI is InChI=1S/C11H10FN3O2S/c1-2-15(6-5-13)18(16,17)10-3-4-11(12)9(7-10)8-14/h3-4,7H,2,6H2,1H3. The van der Waals surface area contributed by atoms with Gasteiger partial charge in [0.25, 0.3) is 0 Å². The van der Waals surface area contributed by atoms with Gasteiger partial charge in [-0.15, -0.1) is 0 Å². The summed E-state index contributed by atoms with van der Waals surface area (Å²) in [5.74, 6) is -0.778. The molecule has 0 heterocycles. The number of halogens is 1. The van der Waals surface area contributed by atoms with Crippen molar-refractivity contribution in [3.8, 4) is 12.1 Å². The first-order valence-electron chi connectivity index (χ1n) is 5.04. The Hall–Kier alpha value is -1.96. The van der Waals surface area contributed by atoms with Gasteiger partial charge in [0, 0.05) is 6.54 Å². The molecular weight excluding hydrogens is 257 g/mol. The van der Waals surface area contributed by atoms with Crippen LogP contribution in [0.5, 0.6) is 0 Å². The van der Waals surface area contributed by atoms with Crippen LogP contribution in [-0.4, -0.2) is 25.8 Å². The van der Waals surface area contributed by atoms with Crippen LogP contribution in [0.25, 0.3) is 0 Å². The van der Waals surface area contributed by atoms with E-state index in [1.165, 1.54) is 0 Å². The van der Waals surface area contributed by atoms with Crippen LogP contribution in [0.15, 0.2) is 23.1 Å². The average Bonchev–Trinajstić information content (AvgIpc) is 2.35. The van der Waals surface area contributed by atoms with Crippen LogP contribution in [-0.2, 0) is 10.0 Å². The fourth-order valence-corrected chi connectivity index (χ4v) is 2.72. The van der Waals surface area contributed by atoms with E-state index in [0.717, 1.165) is 22.5 Å². The van der Waals surface area contributed by atoms with E-state index in [2.05, 4.69) is 0 Å². The lowest BCUT2D eigenvalue weighted by molar-refractivity contribution is 0.462. The number of benzene rings is 1. The van der Waals surface area contributed by atoms with Crippen LogP contribution in [0.4, 0.5) is 4.39 Å². The third-order valence-electron chi connectivity index (χ3n) is 2.30. The molecule has 0 radical (unpaired) electrons. The molecule has 0 spiro atoms. The minimum atomic E-state index is -3.87. The lowest BCUT2D eigenvalue weighted by Crippen LogP contribution is -2.31. The molecule has 0 aliphatic carbocycles. The molecule has 0 aromatic heterocycles. The molecule has 0 fully saturated rings. The molecule has 0 saturated heterocycles. The molecule has 7 heteroatoms. The second-order valence-corrected chi connectivity index (χ2v) is 5.28. The molecule has 0 amide bonds. The molecule has 0 bridgehead atoms. The van der Waals surface area contributed by atoms with Gasteiger partial charge in [0.1, 0.15) is 18.4 Å². The predicted molar refractivity (Wildman–Crippen MR) is 61.2 cm³/mol. The summed E-state index contributed by atoms with van der Waals surface area (Å²) in [6.45, 7) is 1.41. The van der Waals surface area contributed by atoms with Crippen LogP contribution in [0.1, 0.15) is 12.5 Å². The molecule has 1 aromatic rings. The Labute approximate surface area is 105 Å². The van der Waals surface area contributed by atoms with Gasteiger partial charge in [-0.05, 0) is 18.2 Å².